The number of thiol groups is 1. The van der Waals surface area contributed by atoms with Crippen molar-refractivity contribution in [3.63, 3.8) is 0 Å². The van der Waals surface area contributed by atoms with E-state index in [1.807, 2.05) is 6.07 Å². The van der Waals surface area contributed by atoms with Crippen LogP contribution in [0.15, 0.2) is 41.4 Å². The van der Waals surface area contributed by atoms with E-state index >= 15 is 0 Å². The van der Waals surface area contributed by atoms with Crippen molar-refractivity contribution >= 4 is 12.6 Å². The van der Waals surface area contributed by atoms with Crippen LogP contribution in [0.4, 0.5) is 0 Å². The van der Waals surface area contributed by atoms with Crippen molar-refractivity contribution in [2.75, 3.05) is 0 Å². The van der Waals surface area contributed by atoms with Crippen molar-refractivity contribution in [3.05, 3.63) is 47.5 Å². The summed E-state index contributed by atoms with van der Waals surface area (Å²) < 4.78 is 1.58. The van der Waals surface area contributed by atoms with Gasteiger partial charge in [0.1, 0.15) is 27.9 Å². The summed E-state index contributed by atoms with van der Waals surface area (Å²) in [4.78, 5) is 0. The average molecular weight is 339 g/mol. The maximum atomic E-state index is 10.2. The van der Waals surface area contributed by atoms with Gasteiger partial charge in [0.25, 0.3) is 0 Å². The first-order chi connectivity index (χ1) is 11.6. The Morgan fingerprint density at radius 3 is 2.71 bits per heavy atom. The Morgan fingerprint density at radius 1 is 1.04 bits per heavy atom. The summed E-state index contributed by atoms with van der Waals surface area (Å²) in [5.74, 6) is -0.0552. The second-order valence-electron chi connectivity index (χ2n) is 6.00. The van der Waals surface area contributed by atoms with E-state index in [-0.39, 0.29) is 11.5 Å². The van der Waals surface area contributed by atoms with E-state index in [9.17, 15) is 10.2 Å². The minimum atomic E-state index is -0.0562. The molecule has 1 aliphatic rings. The molecule has 1 aromatic heterocycles. The highest BCUT2D eigenvalue weighted by Gasteiger charge is 2.21. The van der Waals surface area contributed by atoms with Crippen molar-refractivity contribution in [3.8, 4) is 28.4 Å². The largest absolute Gasteiger partial charge is 0.508 e. The fraction of sp³-hybridized carbons (Fsp3) is 0.222. The number of nitrogens with zero attached hydrogens (tertiary/aromatic N) is 3. The third-order valence-corrected chi connectivity index (χ3v) is 4.79. The molecule has 122 valence electrons. The van der Waals surface area contributed by atoms with Gasteiger partial charge in [0.2, 0.25) is 0 Å². The van der Waals surface area contributed by atoms with Crippen molar-refractivity contribution in [1.82, 2.24) is 15.0 Å². The third-order valence-electron chi connectivity index (χ3n) is 4.49. The topological polar surface area (TPSA) is 71.2 Å². The number of benzene rings is 2. The first-order valence-corrected chi connectivity index (χ1v) is 8.38. The highest BCUT2D eigenvalue weighted by Crippen LogP contribution is 2.37. The molecule has 2 aromatic carbocycles. The molecule has 0 aliphatic heterocycles. The minimum Gasteiger partial charge on any atom is -0.508 e. The molecule has 0 spiro atoms. The average Bonchev–Trinajstić information content (AvgIpc) is 2.95. The highest BCUT2D eigenvalue weighted by molar-refractivity contribution is 7.80. The summed E-state index contributed by atoms with van der Waals surface area (Å²) in [5, 5.41) is 28.5. The van der Waals surface area contributed by atoms with E-state index < -0.39 is 0 Å². The van der Waals surface area contributed by atoms with Gasteiger partial charge in [-0.2, -0.15) is 0 Å². The van der Waals surface area contributed by atoms with Crippen molar-refractivity contribution in [2.24, 2.45) is 0 Å². The van der Waals surface area contributed by atoms with E-state index in [4.69, 9.17) is 0 Å². The number of aryl methyl sites for hydroxylation is 1. The molecule has 0 atom stereocenters. The van der Waals surface area contributed by atoms with Gasteiger partial charge in [0, 0.05) is 11.6 Å². The number of phenols is 2. The number of hydrogen-bond acceptors (Lipinski definition) is 5. The molecule has 1 aliphatic carbocycles. The first kappa shape index (κ1) is 15.1. The molecule has 4 rings (SSSR count). The number of aromatic nitrogens is 3. The Bertz CT molecular complexity index is 921. The molecule has 0 bridgehead atoms. The molecule has 0 unspecified atom stereocenters. The summed E-state index contributed by atoms with van der Waals surface area (Å²) in [6.45, 7) is 0. The molecule has 24 heavy (non-hydrogen) atoms. The second-order valence-corrected chi connectivity index (χ2v) is 6.42. The predicted molar refractivity (Wildman–Crippen MR) is 94.0 cm³/mol. The molecule has 0 fully saturated rings. The van der Waals surface area contributed by atoms with Gasteiger partial charge >= 0.3 is 0 Å². The molecule has 5 nitrogen and oxygen atoms in total. The van der Waals surface area contributed by atoms with E-state index in [0.717, 1.165) is 30.5 Å². The molecular weight excluding hydrogens is 322 g/mol. The lowest BCUT2D eigenvalue weighted by atomic mass is 9.87. The van der Waals surface area contributed by atoms with Crippen LogP contribution in [0.25, 0.3) is 16.9 Å². The monoisotopic (exact) mass is 339 g/mol. The Labute approximate surface area is 145 Å². The number of fused-ring (bicyclic) bond motifs is 1. The van der Waals surface area contributed by atoms with Gasteiger partial charge < -0.3 is 10.2 Å². The van der Waals surface area contributed by atoms with Crippen molar-refractivity contribution in [2.45, 2.75) is 30.7 Å². The fourth-order valence-corrected chi connectivity index (χ4v) is 3.63. The maximum absolute atomic E-state index is 10.2. The zero-order valence-electron chi connectivity index (χ0n) is 13.0. The summed E-state index contributed by atoms with van der Waals surface area (Å²) in [6, 6.07) is 10.7. The summed E-state index contributed by atoms with van der Waals surface area (Å²) >= 11 is 4.48. The zero-order valence-corrected chi connectivity index (χ0v) is 13.9. The van der Waals surface area contributed by atoms with Crippen LogP contribution < -0.4 is 0 Å². The smallest absolute Gasteiger partial charge is 0.145 e. The van der Waals surface area contributed by atoms with Crippen molar-refractivity contribution < 1.29 is 10.2 Å². The van der Waals surface area contributed by atoms with Gasteiger partial charge in [-0.15, -0.1) is 17.7 Å². The molecule has 0 amide bonds. The van der Waals surface area contributed by atoms with Gasteiger partial charge in [0.15, 0.2) is 0 Å². The molecular formula is C18H17N3O2S. The van der Waals surface area contributed by atoms with Crippen LogP contribution in [-0.2, 0) is 12.8 Å². The van der Waals surface area contributed by atoms with Gasteiger partial charge in [-0.25, -0.2) is 4.68 Å². The van der Waals surface area contributed by atoms with E-state index in [2.05, 4.69) is 35.1 Å². The number of rotatable bonds is 2. The van der Waals surface area contributed by atoms with Gasteiger partial charge in [-0.3, -0.25) is 0 Å². The van der Waals surface area contributed by atoms with E-state index in [1.54, 1.807) is 10.7 Å². The third kappa shape index (κ3) is 2.43. The van der Waals surface area contributed by atoms with E-state index in [0.29, 0.717) is 10.7 Å². The molecule has 0 radical (unpaired) electrons. The molecule has 1 heterocycles. The molecule has 2 N–H and O–H groups in total. The number of aromatic hydroxyl groups is 2. The lowest BCUT2D eigenvalue weighted by Gasteiger charge is -2.20. The van der Waals surface area contributed by atoms with Crippen LogP contribution in [-0.4, -0.2) is 25.2 Å². The number of phenolic OH excluding ortho intramolecular Hbond substituents is 2. The van der Waals surface area contributed by atoms with Crippen LogP contribution in [0.5, 0.6) is 11.5 Å². The van der Waals surface area contributed by atoms with Crippen LogP contribution in [0.3, 0.4) is 0 Å². The zero-order chi connectivity index (χ0) is 16.7. The molecule has 6 heteroatoms. The quantitative estimate of drug-likeness (QED) is 0.625. The van der Waals surface area contributed by atoms with E-state index in [1.165, 1.54) is 29.7 Å². The Morgan fingerprint density at radius 2 is 1.88 bits per heavy atom. The second kappa shape index (κ2) is 5.87. The summed E-state index contributed by atoms with van der Waals surface area (Å²) in [5.41, 5.74) is 4.94. The van der Waals surface area contributed by atoms with Gasteiger partial charge in [0.05, 0.1) is 0 Å². The summed E-state index contributed by atoms with van der Waals surface area (Å²) in [7, 11) is 0. The Kier molecular flexibility index (Phi) is 3.69. The van der Waals surface area contributed by atoms with Crippen LogP contribution >= 0.6 is 12.6 Å². The normalized spacial score (nSPS) is 13.7. The molecule has 0 saturated heterocycles. The SMILES string of the molecule is Oc1ccc(-n2nnc(S)c2-c2cccc3c2CCCC3)c(O)c1. The van der Waals surface area contributed by atoms with Crippen LogP contribution in [0.1, 0.15) is 24.0 Å². The standard InChI is InChI=1S/C18H17N3O2S/c22-12-8-9-15(16(23)10-12)21-17(18(24)19-20-21)14-7-3-5-11-4-1-2-6-13(11)14/h3,5,7-10,22-24H,1-2,4,6H2. The lowest BCUT2D eigenvalue weighted by Crippen LogP contribution is -2.07. The predicted octanol–water partition coefficient (Wildman–Crippen LogP) is 3.51. The summed E-state index contributed by atoms with van der Waals surface area (Å²) in [6.07, 6.45) is 4.47. The maximum Gasteiger partial charge on any atom is 0.145 e. The Hall–Kier alpha value is -2.47. The number of hydrogen-bond donors (Lipinski definition) is 3. The molecule has 3 aromatic rings. The lowest BCUT2D eigenvalue weighted by molar-refractivity contribution is 0.447. The molecule has 0 saturated carbocycles. The Balaban J connectivity index is 1.93. The van der Waals surface area contributed by atoms with Crippen LogP contribution in [0.2, 0.25) is 0 Å². The first-order valence-electron chi connectivity index (χ1n) is 7.93. The van der Waals surface area contributed by atoms with Crippen LogP contribution in [0, 0.1) is 0 Å². The van der Waals surface area contributed by atoms with Gasteiger partial charge in [-0.05, 0) is 48.9 Å². The van der Waals surface area contributed by atoms with Gasteiger partial charge in [-0.1, -0.05) is 23.4 Å². The highest BCUT2D eigenvalue weighted by atomic mass is 32.1. The fourth-order valence-electron chi connectivity index (χ4n) is 3.37. The minimum absolute atomic E-state index is 0.00102. The van der Waals surface area contributed by atoms with Crippen molar-refractivity contribution in [1.29, 1.82) is 0 Å².